The summed E-state index contributed by atoms with van der Waals surface area (Å²) in [7, 11) is 0. The Morgan fingerprint density at radius 3 is 2.62 bits per heavy atom. The van der Waals surface area contributed by atoms with E-state index in [2.05, 4.69) is 26.1 Å². The summed E-state index contributed by atoms with van der Waals surface area (Å²) < 4.78 is 6.61. The molecule has 0 fully saturated rings. The first-order chi connectivity index (χ1) is 11.5. The lowest BCUT2D eigenvalue weighted by molar-refractivity contribution is 0.0993. The van der Waals surface area contributed by atoms with Gasteiger partial charge in [0.15, 0.2) is 5.78 Å². The molecule has 0 N–H and O–H groups in total. The first kappa shape index (κ1) is 16.9. The van der Waals surface area contributed by atoms with Crippen LogP contribution in [0, 0.1) is 6.92 Å². The van der Waals surface area contributed by atoms with Gasteiger partial charge in [-0.1, -0.05) is 63.6 Å². The van der Waals surface area contributed by atoms with E-state index < -0.39 is 0 Å². The molecule has 1 atom stereocenters. The van der Waals surface area contributed by atoms with Crippen molar-refractivity contribution < 1.29 is 9.21 Å². The van der Waals surface area contributed by atoms with E-state index in [-0.39, 0.29) is 11.0 Å². The molecular formula is C18H15BrN2O2S. The monoisotopic (exact) mass is 402 g/mol. The number of halogens is 1. The normalized spacial score (nSPS) is 12.1. The van der Waals surface area contributed by atoms with Crippen LogP contribution in [0.5, 0.6) is 0 Å². The predicted octanol–water partition coefficient (Wildman–Crippen LogP) is 5.17. The number of ketones is 1. The molecule has 4 nitrogen and oxygen atoms in total. The van der Waals surface area contributed by atoms with Gasteiger partial charge in [0.25, 0.3) is 5.22 Å². The summed E-state index contributed by atoms with van der Waals surface area (Å²) in [5, 5.41) is 8.17. The molecule has 6 heteroatoms. The van der Waals surface area contributed by atoms with Crippen molar-refractivity contribution in [1.29, 1.82) is 0 Å². The minimum absolute atomic E-state index is 0.0437. The zero-order valence-electron chi connectivity index (χ0n) is 13.2. The Kier molecular flexibility index (Phi) is 5.16. The molecule has 3 aromatic rings. The number of hydrogen-bond donors (Lipinski definition) is 0. The van der Waals surface area contributed by atoms with Gasteiger partial charge in [-0.2, -0.15) is 0 Å². The number of carbonyl (C=O) groups is 1. The molecule has 122 valence electrons. The van der Waals surface area contributed by atoms with Crippen molar-refractivity contribution in [3.63, 3.8) is 0 Å². The van der Waals surface area contributed by atoms with Crippen LogP contribution < -0.4 is 0 Å². The molecule has 24 heavy (non-hydrogen) atoms. The Labute approximate surface area is 152 Å². The van der Waals surface area contributed by atoms with E-state index in [0.717, 1.165) is 15.6 Å². The minimum atomic E-state index is -0.302. The van der Waals surface area contributed by atoms with Crippen molar-refractivity contribution in [2.24, 2.45) is 0 Å². The lowest BCUT2D eigenvalue weighted by Crippen LogP contribution is -2.13. The van der Waals surface area contributed by atoms with E-state index in [1.807, 2.05) is 62.4 Å². The Bertz CT molecular complexity index is 861. The largest absolute Gasteiger partial charge is 0.411 e. The third kappa shape index (κ3) is 3.94. The maximum atomic E-state index is 12.5. The van der Waals surface area contributed by atoms with Gasteiger partial charge in [0.1, 0.15) is 0 Å². The first-order valence-corrected chi connectivity index (χ1v) is 9.07. The zero-order valence-corrected chi connectivity index (χ0v) is 15.6. The summed E-state index contributed by atoms with van der Waals surface area (Å²) in [6.45, 7) is 3.84. The van der Waals surface area contributed by atoms with Gasteiger partial charge in [0.2, 0.25) is 5.89 Å². The van der Waals surface area contributed by atoms with Gasteiger partial charge in [-0.05, 0) is 32.0 Å². The summed E-state index contributed by atoms with van der Waals surface area (Å²) in [6, 6.07) is 15.2. The third-order valence-electron chi connectivity index (χ3n) is 3.46. The summed E-state index contributed by atoms with van der Waals surface area (Å²) in [6.07, 6.45) is 0. The SMILES string of the molecule is Cc1ccc(C(=O)C(C)Sc2nnc(-c3cccc(Br)c3)o2)cc1. The Hall–Kier alpha value is -1.92. The number of Topliss-reactive ketones (excluding diaryl/α,β-unsaturated/α-hetero) is 1. The average molecular weight is 403 g/mol. The van der Waals surface area contributed by atoms with Gasteiger partial charge in [-0.3, -0.25) is 4.79 Å². The zero-order chi connectivity index (χ0) is 17.1. The lowest BCUT2D eigenvalue weighted by Gasteiger charge is -2.07. The molecule has 0 radical (unpaired) electrons. The minimum Gasteiger partial charge on any atom is -0.411 e. The van der Waals surface area contributed by atoms with Crippen molar-refractivity contribution in [2.45, 2.75) is 24.3 Å². The van der Waals surface area contributed by atoms with Gasteiger partial charge in [-0.15, -0.1) is 10.2 Å². The summed E-state index contributed by atoms with van der Waals surface area (Å²) in [5.74, 6) is 0.482. The lowest BCUT2D eigenvalue weighted by atomic mass is 10.1. The van der Waals surface area contributed by atoms with Crippen LogP contribution in [0.4, 0.5) is 0 Å². The summed E-state index contributed by atoms with van der Waals surface area (Å²) in [4.78, 5) is 12.5. The number of benzene rings is 2. The fraction of sp³-hybridized carbons (Fsp3) is 0.167. The van der Waals surface area contributed by atoms with E-state index in [0.29, 0.717) is 16.7 Å². The van der Waals surface area contributed by atoms with Crippen LogP contribution in [0.3, 0.4) is 0 Å². The molecule has 0 bridgehead atoms. The van der Waals surface area contributed by atoms with Crippen LogP contribution in [0.2, 0.25) is 0 Å². The number of aromatic nitrogens is 2. The van der Waals surface area contributed by atoms with Crippen molar-refractivity contribution in [3.8, 4) is 11.5 Å². The Morgan fingerprint density at radius 1 is 1.17 bits per heavy atom. The molecule has 0 amide bonds. The number of aryl methyl sites for hydroxylation is 1. The summed E-state index contributed by atoms with van der Waals surface area (Å²) >= 11 is 4.69. The van der Waals surface area contributed by atoms with Crippen LogP contribution in [0.25, 0.3) is 11.5 Å². The Balaban J connectivity index is 1.72. The molecule has 0 saturated carbocycles. The van der Waals surface area contributed by atoms with E-state index >= 15 is 0 Å². The second-order valence-electron chi connectivity index (χ2n) is 5.37. The van der Waals surface area contributed by atoms with Crippen LogP contribution in [-0.2, 0) is 0 Å². The number of thioether (sulfide) groups is 1. The fourth-order valence-electron chi connectivity index (χ4n) is 2.15. The van der Waals surface area contributed by atoms with Crippen molar-refractivity contribution in [2.75, 3.05) is 0 Å². The van der Waals surface area contributed by atoms with Gasteiger partial charge < -0.3 is 4.42 Å². The molecule has 3 rings (SSSR count). The topological polar surface area (TPSA) is 56.0 Å². The standard InChI is InChI=1S/C18H15BrN2O2S/c1-11-6-8-13(9-7-11)16(22)12(2)24-18-21-20-17(23-18)14-4-3-5-15(19)10-14/h3-10,12H,1-2H3. The van der Waals surface area contributed by atoms with Crippen molar-refractivity contribution >= 4 is 33.5 Å². The molecular weight excluding hydrogens is 388 g/mol. The van der Waals surface area contributed by atoms with E-state index in [1.54, 1.807) is 0 Å². The van der Waals surface area contributed by atoms with Gasteiger partial charge in [0.05, 0.1) is 5.25 Å². The maximum absolute atomic E-state index is 12.5. The maximum Gasteiger partial charge on any atom is 0.277 e. The highest BCUT2D eigenvalue weighted by Crippen LogP contribution is 2.28. The quantitative estimate of drug-likeness (QED) is 0.435. The second-order valence-corrected chi connectivity index (χ2v) is 7.58. The molecule has 2 aromatic carbocycles. The van der Waals surface area contributed by atoms with Crippen LogP contribution in [-0.4, -0.2) is 21.2 Å². The van der Waals surface area contributed by atoms with Crippen molar-refractivity contribution in [3.05, 3.63) is 64.1 Å². The van der Waals surface area contributed by atoms with Crippen LogP contribution in [0.15, 0.2) is 62.6 Å². The smallest absolute Gasteiger partial charge is 0.277 e. The van der Waals surface area contributed by atoms with Gasteiger partial charge in [-0.25, -0.2) is 0 Å². The molecule has 1 heterocycles. The number of carbonyl (C=O) groups excluding carboxylic acids is 1. The molecule has 1 aromatic heterocycles. The van der Waals surface area contributed by atoms with Gasteiger partial charge >= 0.3 is 0 Å². The Morgan fingerprint density at radius 2 is 1.92 bits per heavy atom. The number of rotatable bonds is 5. The second kappa shape index (κ2) is 7.32. The molecule has 0 aliphatic heterocycles. The fourth-order valence-corrected chi connectivity index (χ4v) is 3.31. The van der Waals surface area contributed by atoms with Gasteiger partial charge in [0, 0.05) is 15.6 Å². The molecule has 1 unspecified atom stereocenters. The molecule has 0 aliphatic carbocycles. The highest BCUT2D eigenvalue weighted by Gasteiger charge is 2.20. The van der Waals surface area contributed by atoms with Crippen LogP contribution in [0.1, 0.15) is 22.8 Å². The van der Waals surface area contributed by atoms with E-state index in [9.17, 15) is 4.79 Å². The highest BCUT2D eigenvalue weighted by atomic mass is 79.9. The highest BCUT2D eigenvalue weighted by molar-refractivity contribution is 9.10. The van der Waals surface area contributed by atoms with E-state index in [4.69, 9.17) is 4.42 Å². The first-order valence-electron chi connectivity index (χ1n) is 7.40. The van der Waals surface area contributed by atoms with Crippen LogP contribution >= 0.6 is 27.7 Å². The molecule has 0 saturated heterocycles. The number of nitrogens with zero attached hydrogens (tertiary/aromatic N) is 2. The van der Waals surface area contributed by atoms with Crippen molar-refractivity contribution in [1.82, 2.24) is 10.2 Å². The number of hydrogen-bond acceptors (Lipinski definition) is 5. The molecule has 0 spiro atoms. The predicted molar refractivity (Wildman–Crippen MR) is 98.3 cm³/mol. The molecule has 0 aliphatic rings. The third-order valence-corrected chi connectivity index (χ3v) is 4.89. The average Bonchev–Trinajstić information content (AvgIpc) is 3.03. The van der Waals surface area contributed by atoms with E-state index in [1.165, 1.54) is 11.8 Å². The summed E-state index contributed by atoms with van der Waals surface area (Å²) in [5.41, 5.74) is 2.65.